The van der Waals surface area contributed by atoms with Crippen LogP contribution in [-0.4, -0.2) is 31.8 Å². The maximum absolute atomic E-state index is 4.35. The minimum absolute atomic E-state index is 0.0202. The van der Waals surface area contributed by atoms with E-state index in [1.165, 1.54) is 15.8 Å². The van der Waals surface area contributed by atoms with Crippen molar-refractivity contribution in [2.45, 2.75) is 45.4 Å². The van der Waals surface area contributed by atoms with Gasteiger partial charge in [-0.1, -0.05) is 58.9 Å². The summed E-state index contributed by atoms with van der Waals surface area (Å²) in [6.07, 6.45) is 0. The molecule has 24 heavy (non-hydrogen) atoms. The standard InChI is InChI=1S/C18H24N6/c1-17(2,3)13-6-8-14(9-7-13)18(4,5)12-19-15-10-11-16-20-22-23-24(16)21-15/h6-11H,12H2,1-5H3,(H,19,21). The lowest BCUT2D eigenvalue weighted by Gasteiger charge is -2.27. The first-order valence-corrected chi connectivity index (χ1v) is 8.16. The van der Waals surface area contributed by atoms with E-state index in [0.29, 0.717) is 5.65 Å². The fourth-order valence-electron chi connectivity index (χ4n) is 2.58. The molecule has 126 valence electrons. The van der Waals surface area contributed by atoms with Crippen LogP contribution in [0.5, 0.6) is 0 Å². The zero-order chi connectivity index (χ0) is 17.4. The Bertz CT molecular complexity index is 827. The van der Waals surface area contributed by atoms with Gasteiger partial charge in [-0.2, -0.15) is 0 Å². The second-order valence-corrected chi connectivity index (χ2v) is 7.81. The number of hydrogen-bond donors (Lipinski definition) is 1. The smallest absolute Gasteiger partial charge is 0.200 e. The molecule has 6 nitrogen and oxygen atoms in total. The lowest BCUT2D eigenvalue weighted by Crippen LogP contribution is -2.28. The number of rotatable bonds is 4. The number of hydrogen-bond acceptors (Lipinski definition) is 5. The third-order valence-electron chi connectivity index (χ3n) is 4.31. The summed E-state index contributed by atoms with van der Waals surface area (Å²) in [4.78, 5) is 0. The normalized spacial score (nSPS) is 12.5. The number of tetrazole rings is 1. The highest BCUT2D eigenvalue weighted by Gasteiger charge is 2.22. The Kier molecular flexibility index (Phi) is 3.99. The lowest BCUT2D eigenvalue weighted by molar-refractivity contribution is 0.551. The van der Waals surface area contributed by atoms with Crippen molar-refractivity contribution in [3.63, 3.8) is 0 Å². The van der Waals surface area contributed by atoms with Crippen LogP contribution in [0.3, 0.4) is 0 Å². The molecule has 2 heterocycles. The van der Waals surface area contributed by atoms with E-state index >= 15 is 0 Å². The number of nitrogens with zero attached hydrogens (tertiary/aromatic N) is 5. The summed E-state index contributed by atoms with van der Waals surface area (Å²) < 4.78 is 1.42. The first kappa shape index (κ1) is 16.4. The molecule has 0 bridgehead atoms. The van der Waals surface area contributed by atoms with Crippen molar-refractivity contribution in [1.82, 2.24) is 25.3 Å². The van der Waals surface area contributed by atoms with Crippen LogP contribution < -0.4 is 5.32 Å². The molecular weight excluding hydrogens is 300 g/mol. The number of benzene rings is 1. The van der Waals surface area contributed by atoms with Gasteiger partial charge in [-0.15, -0.1) is 14.8 Å². The van der Waals surface area contributed by atoms with Crippen molar-refractivity contribution in [2.24, 2.45) is 0 Å². The van der Waals surface area contributed by atoms with Crippen molar-refractivity contribution < 1.29 is 0 Å². The van der Waals surface area contributed by atoms with Gasteiger partial charge in [0.2, 0.25) is 0 Å². The van der Waals surface area contributed by atoms with Crippen molar-refractivity contribution in [3.8, 4) is 0 Å². The molecule has 1 N–H and O–H groups in total. The van der Waals surface area contributed by atoms with Crippen LogP contribution in [0, 0.1) is 0 Å². The summed E-state index contributed by atoms with van der Waals surface area (Å²) >= 11 is 0. The molecule has 3 rings (SSSR count). The Morgan fingerprint density at radius 3 is 2.25 bits per heavy atom. The molecule has 1 aromatic carbocycles. The topological polar surface area (TPSA) is 68.0 Å². The SMILES string of the molecule is CC(C)(C)c1ccc(C(C)(C)CNc2ccc3nnnn3n2)cc1. The Morgan fingerprint density at radius 1 is 0.917 bits per heavy atom. The van der Waals surface area contributed by atoms with Gasteiger partial charge in [-0.3, -0.25) is 0 Å². The average Bonchev–Trinajstić information content (AvgIpc) is 3.00. The highest BCUT2D eigenvalue weighted by Crippen LogP contribution is 2.27. The minimum atomic E-state index is -0.0202. The van der Waals surface area contributed by atoms with Crippen LogP contribution in [-0.2, 0) is 10.8 Å². The maximum Gasteiger partial charge on any atom is 0.200 e. The second kappa shape index (κ2) is 5.85. The van der Waals surface area contributed by atoms with E-state index in [1.807, 2.05) is 12.1 Å². The zero-order valence-electron chi connectivity index (χ0n) is 14.9. The fourth-order valence-corrected chi connectivity index (χ4v) is 2.58. The Hall–Kier alpha value is -2.50. The van der Waals surface area contributed by atoms with Crippen LogP contribution in [0.4, 0.5) is 5.82 Å². The van der Waals surface area contributed by atoms with Gasteiger partial charge >= 0.3 is 0 Å². The first-order chi connectivity index (χ1) is 11.3. The third-order valence-corrected chi connectivity index (χ3v) is 4.31. The van der Waals surface area contributed by atoms with Gasteiger partial charge in [-0.25, -0.2) is 0 Å². The van der Waals surface area contributed by atoms with Gasteiger partial charge in [-0.05, 0) is 39.1 Å². The van der Waals surface area contributed by atoms with Crippen LogP contribution in [0.2, 0.25) is 0 Å². The predicted octanol–water partition coefficient (Wildman–Crippen LogP) is 3.21. The van der Waals surface area contributed by atoms with E-state index < -0.39 is 0 Å². The molecule has 6 heteroatoms. The summed E-state index contributed by atoms with van der Waals surface area (Å²) in [7, 11) is 0. The van der Waals surface area contributed by atoms with Gasteiger partial charge in [0.25, 0.3) is 0 Å². The molecule has 2 aromatic heterocycles. The maximum atomic E-state index is 4.35. The fraction of sp³-hybridized carbons (Fsp3) is 0.444. The minimum Gasteiger partial charge on any atom is -0.368 e. The highest BCUT2D eigenvalue weighted by atomic mass is 15.6. The number of anilines is 1. The summed E-state index contributed by atoms with van der Waals surface area (Å²) in [5, 5.41) is 19.0. The molecule has 0 aliphatic rings. The summed E-state index contributed by atoms with van der Waals surface area (Å²) in [6, 6.07) is 12.6. The van der Waals surface area contributed by atoms with Crippen LogP contribution in [0.1, 0.15) is 45.7 Å². The van der Waals surface area contributed by atoms with Crippen molar-refractivity contribution in [1.29, 1.82) is 0 Å². The number of nitrogens with one attached hydrogen (secondary N) is 1. The quantitative estimate of drug-likeness (QED) is 0.798. The molecule has 0 saturated carbocycles. The Morgan fingerprint density at radius 2 is 1.58 bits per heavy atom. The van der Waals surface area contributed by atoms with Crippen LogP contribution in [0.15, 0.2) is 36.4 Å². The third kappa shape index (κ3) is 3.37. The number of aromatic nitrogens is 5. The molecule has 0 spiro atoms. The first-order valence-electron chi connectivity index (χ1n) is 8.16. The molecule has 0 atom stereocenters. The van der Waals surface area contributed by atoms with E-state index in [2.05, 4.69) is 84.8 Å². The van der Waals surface area contributed by atoms with Crippen molar-refractivity contribution in [2.75, 3.05) is 11.9 Å². The van der Waals surface area contributed by atoms with Crippen LogP contribution in [0.25, 0.3) is 5.65 Å². The molecule has 0 amide bonds. The van der Waals surface area contributed by atoms with E-state index in [0.717, 1.165) is 12.4 Å². The summed E-state index contributed by atoms with van der Waals surface area (Å²) in [5.41, 5.74) is 3.43. The van der Waals surface area contributed by atoms with E-state index in [4.69, 9.17) is 0 Å². The summed E-state index contributed by atoms with van der Waals surface area (Å²) in [5.74, 6) is 0.759. The van der Waals surface area contributed by atoms with Crippen molar-refractivity contribution in [3.05, 3.63) is 47.5 Å². The van der Waals surface area contributed by atoms with Gasteiger partial charge < -0.3 is 5.32 Å². The summed E-state index contributed by atoms with van der Waals surface area (Å²) in [6.45, 7) is 11.9. The molecule has 0 aliphatic heterocycles. The molecule has 0 fully saturated rings. The van der Waals surface area contributed by atoms with Crippen molar-refractivity contribution >= 4 is 11.5 Å². The predicted molar refractivity (Wildman–Crippen MR) is 95.2 cm³/mol. The molecule has 0 unspecified atom stereocenters. The molecule has 3 aromatic rings. The largest absolute Gasteiger partial charge is 0.368 e. The van der Waals surface area contributed by atoms with Gasteiger partial charge in [0.1, 0.15) is 5.82 Å². The van der Waals surface area contributed by atoms with Gasteiger partial charge in [0, 0.05) is 12.0 Å². The lowest BCUT2D eigenvalue weighted by atomic mass is 9.81. The monoisotopic (exact) mass is 324 g/mol. The highest BCUT2D eigenvalue weighted by molar-refractivity contribution is 5.43. The Labute approximate surface area is 142 Å². The molecule has 0 saturated heterocycles. The van der Waals surface area contributed by atoms with E-state index in [1.54, 1.807) is 0 Å². The van der Waals surface area contributed by atoms with Gasteiger partial charge in [0.15, 0.2) is 5.65 Å². The van der Waals surface area contributed by atoms with Crippen LogP contribution >= 0.6 is 0 Å². The van der Waals surface area contributed by atoms with E-state index in [9.17, 15) is 0 Å². The number of fused-ring (bicyclic) bond motifs is 1. The Balaban J connectivity index is 1.73. The molecular formula is C18H24N6. The van der Waals surface area contributed by atoms with E-state index in [-0.39, 0.29) is 10.8 Å². The average molecular weight is 324 g/mol. The molecule has 0 aliphatic carbocycles. The second-order valence-electron chi connectivity index (χ2n) is 7.81. The molecule has 0 radical (unpaired) electrons. The van der Waals surface area contributed by atoms with Gasteiger partial charge in [0.05, 0.1) is 0 Å². The zero-order valence-corrected chi connectivity index (χ0v) is 14.9.